The van der Waals surface area contributed by atoms with Crippen molar-refractivity contribution < 1.29 is 4.79 Å². The van der Waals surface area contributed by atoms with Crippen molar-refractivity contribution in [1.29, 1.82) is 0 Å². The molecule has 0 atom stereocenters. The van der Waals surface area contributed by atoms with Gasteiger partial charge in [0.05, 0.1) is 10.6 Å². The Kier molecular flexibility index (Phi) is 4.86. The van der Waals surface area contributed by atoms with Gasteiger partial charge in [-0.3, -0.25) is 4.79 Å². The highest BCUT2D eigenvalue weighted by atomic mass is 32.1. The summed E-state index contributed by atoms with van der Waals surface area (Å²) in [5, 5.41) is 0.944. The average Bonchev–Trinajstić information content (AvgIpc) is 2.99. The lowest BCUT2D eigenvalue weighted by Crippen LogP contribution is -2.33. The van der Waals surface area contributed by atoms with E-state index >= 15 is 0 Å². The Morgan fingerprint density at radius 1 is 1.08 bits per heavy atom. The van der Waals surface area contributed by atoms with Crippen molar-refractivity contribution in [2.75, 3.05) is 0 Å². The van der Waals surface area contributed by atoms with Gasteiger partial charge in [0, 0.05) is 29.4 Å². The van der Waals surface area contributed by atoms with E-state index in [0.29, 0.717) is 12.1 Å². The van der Waals surface area contributed by atoms with E-state index in [1.807, 2.05) is 30.3 Å². The monoisotopic (exact) mass is 340 g/mol. The van der Waals surface area contributed by atoms with E-state index in [1.165, 1.54) is 11.3 Å². The van der Waals surface area contributed by atoms with Crippen LogP contribution in [-0.2, 0) is 6.42 Å². The fourth-order valence-corrected chi connectivity index (χ4v) is 4.21. The topological polar surface area (TPSA) is 33.2 Å². The summed E-state index contributed by atoms with van der Waals surface area (Å²) in [7, 11) is 0. The minimum absolute atomic E-state index is 0.155. The third-order valence-corrected chi connectivity index (χ3v) is 5.49. The number of hydrogen-bond donors (Lipinski definition) is 0. The average molecular weight is 340 g/mol. The second kappa shape index (κ2) is 6.89. The van der Waals surface area contributed by atoms with E-state index in [4.69, 9.17) is 4.98 Å². The maximum absolute atomic E-state index is 12.9. The smallest absolute Gasteiger partial charge is 0.202 e. The minimum Gasteiger partial charge on any atom is -0.372 e. The summed E-state index contributed by atoms with van der Waals surface area (Å²) in [5.74, 6) is 0.155. The third kappa shape index (κ3) is 3.29. The minimum atomic E-state index is 0.155. The van der Waals surface area contributed by atoms with Crippen LogP contribution in [0.25, 0.3) is 10.6 Å². The molecule has 0 saturated carbocycles. The van der Waals surface area contributed by atoms with Crippen molar-refractivity contribution >= 4 is 17.1 Å². The molecular weight excluding hydrogens is 316 g/mol. The zero-order chi connectivity index (χ0) is 17.3. The largest absolute Gasteiger partial charge is 0.372 e. The maximum atomic E-state index is 12.9. The number of benzene rings is 1. The number of carbonyl (C=O) groups is 1. The van der Waals surface area contributed by atoms with Crippen molar-refractivity contribution in [1.82, 2.24) is 9.88 Å². The number of thiazole rings is 1. The number of Topliss-reactive ketones (excluding diaryl/α,β-unsaturated/α-hetero) is 1. The number of rotatable bonds is 4. The van der Waals surface area contributed by atoms with E-state index in [1.54, 1.807) is 0 Å². The standard InChI is InChI=1S/C20H24N2OS/c1-13(2)22(14(3)4)12-16-10-11-17-19(18(16)23)24-20(21-17)15-8-6-5-7-9-15/h5-9,12-14H,10-11H2,1-4H3/b16-12+. The summed E-state index contributed by atoms with van der Waals surface area (Å²) in [5.41, 5.74) is 2.95. The number of allylic oxidation sites excluding steroid dienone is 1. The number of fused-ring (bicyclic) bond motifs is 1. The lowest BCUT2D eigenvalue weighted by Gasteiger charge is -2.30. The number of aryl methyl sites for hydroxylation is 1. The fourth-order valence-electron chi connectivity index (χ4n) is 3.11. The lowest BCUT2D eigenvalue weighted by atomic mass is 9.96. The van der Waals surface area contributed by atoms with E-state index < -0.39 is 0 Å². The van der Waals surface area contributed by atoms with Crippen LogP contribution in [0.4, 0.5) is 0 Å². The van der Waals surface area contributed by atoms with Crippen LogP contribution in [0, 0.1) is 0 Å². The third-order valence-electron chi connectivity index (χ3n) is 4.34. The highest BCUT2D eigenvalue weighted by Gasteiger charge is 2.27. The van der Waals surface area contributed by atoms with Gasteiger partial charge in [-0.15, -0.1) is 11.3 Å². The van der Waals surface area contributed by atoms with Gasteiger partial charge >= 0.3 is 0 Å². The van der Waals surface area contributed by atoms with Crippen LogP contribution in [0.3, 0.4) is 0 Å². The predicted molar refractivity (Wildman–Crippen MR) is 100 cm³/mol. The van der Waals surface area contributed by atoms with Crippen LogP contribution in [0.2, 0.25) is 0 Å². The molecule has 0 N–H and O–H groups in total. The molecule has 0 unspecified atom stereocenters. The normalized spacial score (nSPS) is 16.1. The molecule has 0 amide bonds. The molecule has 1 aliphatic carbocycles. The van der Waals surface area contributed by atoms with Gasteiger partial charge < -0.3 is 4.90 Å². The second-order valence-corrected chi connectivity index (χ2v) is 7.78. The van der Waals surface area contributed by atoms with Gasteiger partial charge in [0.1, 0.15) is 5.01 Å². The number of hydrogen-bond acceptors (Lipinski definition) is 4. The number of carbonyl (C=O) groups excluding carboxylic acids is 1. The first-order chi connectivity index (χ1) is 11.5. The molecule has 3 rings (SSSR count). The predicted octanol–water partition coefficient (Wildman–Crippen LogP) is 4.94. The summed E-state index contributed by atoms with van der Waals surface area (Å²) in [4.78, 5) is 20.7. The molecule has 4 heteroatoms. The van der Waals surface area contributed by atoms with Gasteiger partial charge in [-0.2, -0.15) is 0 Å². The van der Waals surface area contributed by atoms with E-state index in [9.17, 15) is 4.79 Å². The Hall–Kier alpha value is -1.94. The van der Waals surface area contributed by atoms with Gasteiger partial charge in [0.2, 0.25) is 5.78 Å². The first-order valence-electron chi connectivity index (χ1n) is 8.55. The molecular formula is C20H24N2OS. The number of aromatic nitrogens is 1. The molecule has 1 aliphatic rings. The highest BCUT2D eigenvalue weighted by molar-refractivity contribution is 7.17. The van der Waals surface area contributed by atoms with E-state index in [0.717, 1.165) is 39.6 Å². The fraction of sp³-hybridized carbons (Fsp3) is 0.400. The van der Waals surface area contributed by atoms with Crippen LogP contribution >= 0.6 is 11.3 Å². The Morgan fingerprint density at radius 3 is 2.38 bits per heavy atom. The SMILES string of the molecule is CC(C)N(/C=C1\CCc2nc(-c3ccccc3)sc2C1=O)C(C)C. The molecule has 0 radical (unpaired) electrons. The van der Waals surface area contributed by atoms with Crippen molar-refractivity contribution in [3.8, 4) is 10.6 Å². The molecule has 0 spiro atoms. The Morgan fingerprint density at radius 2 is 1.75 bits per heavy atom. The molecule has 0 aliphatic heterocycles. The zero-order valence-electron chi connectivity index (χ0n) is 14.7. The van der Waals surface area contributed by atoms with Crippen LogP contribution in [-0.4, -0.2) is 27.8 Å². The van der Waals surface area contributed by atoms with Gasteiger partial charge in [0.15, 0.2) is 0 Å². The van der Waals surface area contributed by atoms with E-state index in [-0.39, 0.29) is 5.78 Å². The van der Waals surface area contributed by atoms with Crippen LogP contribution in [0.15, 0.2) is 42.1 Å². The molecule has 3 nitrogen and oxygen atoms in total. The lowest BCUT2D eigenvalue weighted by molar-refractivity contribution is 0.102. The molecule has 126 valence electrons. The Bertz CT molecular complexity index is 751. The maximum Gasteiger partial charge on any atom is 0.202 e. The van der Waals surface area contributed by atoms with Gasteiger partial charge in [-0.05, 0) is 40.5 Å². The quantitative estimate of drug-likeness (QED) is 0.739. The van der Waals surface area contributed by atoms with Crippen molar-refractivity contribution in [2.45, 2.75) is 52.6 Å². The van der Waals surface area contributed by atoms with Crippen LogP contribution in [0.5, 0.6) is 0 Å². The van der Waals surface area contributed by atoms with Crippen LogP contribution in [0.1, 0.15) is 49.5 Å². The van der Waals surface area contributed by atoms with Gasteiger partial charge in [0.25, 0.3) is 0 Å². The molecule has 0 bridgehead atoms. The molecule has 1 aromatic carbocycles. The number of nitrogens with zero attached hydrogens (tertiary/aromatic N) is 2. The summed E-state index contributed by atoms with van der Waals surface area (Å²) < 4.78 is 0. The zero-order valence-corrected chi connectivity index (χ0v) is 15.6. The molecule has 2 aromatic rings. The van der Waals surface area contributed by atoms with Gasteiger partial charge in [-0.1, -0.05) is 30.3 Å². The Balaban J connectivity index is 1.92. The first-order valence-corrected chi connectivity index (χ1v) is 9.37. The van der Waals surface area contributed by atoms with Crippen LogP contribution < -0.4 is 0 Å². The summed E-state index contributed by atoms with van der Waals surface area (Å²) in [6.45, 7) is 8.65. The first kappa shape index (κ1) is 16.9. The molecule has 1 heterocycles. The van der Waals surface area contributed by atoms with Crippen molar-refractivity contribution in [2.24, 2.45) is 0 Å². The summed E-state index contributed by atoms with van der Waals surface area (Å²) >= 11 is 1.52. The van der Waals surface area contributed by atoms with E-state index in [2.05, 4.69) is 38.8 Å². The highest BCUT2D eigenvalue weighted by Crippen LogP contribution is 2.34. The number of ketones is 1. The van der Waals surface area contributed by atoms with Crippen molar-refractivity contribution in [3.63, 3.8) is 0 Å². The Labute approximate surface area is 148 Å². The van der Waals surface area contributed by atoms with Crippen molar-refractivity contribution in [3.05, 3.63) is 52.7 Å². The molecule has 0 saturated heterocycles. The molecule has 24 heavy (non-hydrogen) atoms. The summed E-state index contributed by atoms with van der Waals surface area (Å²) in [6, 6.07) is 10.9. The molecule has 0 fully saturated rings. The second-order valence-electron chi connectivity index (χ2n) is 6.78. The summed E-state index contributed by atoms with van der Waals surface area (Å²) in [6.07, 6.45) is 3.70. The molecule has 1 aromatic heterocycles. The van der Waals surface area contributed by atoms with Gasteiger partial charge in [-0.25, -0.2) is 4.98 Å².